The molecule has 0 aliphatic heterocycles. The van der Waals surface area contributed by atoms with Crippen molar-refractivity contribution in [2.24, 2.45) is 5.73 Å². The highest BCUT2D eigenvalue weighted by Gasteiger charge is 2.34. The van der Waals surface area contributed by atoms with Crippen molar-refractivity contribution in [1.82, 2.24) is 9.97 Å². The molecule has 2 N–H and O–H groups in total. The number of nitrogens with two attached hydrogens (primary N) is 1. The van der Waals surface area contributed by atoms with Crippen LogP contribution in [-0.2, 0) is 5.54 Å². The van der Waals surface area contributed by atoms with Crippen molar-refractivity contribution < 1.29 is 0 Å². The summed E-state index contributed by atoms with van der Waals surface area (Å²) in [6.45, 7) is 0. The van der Waals surface area contributed by atoms with E-state index in [1.54, 1.807) is 0 Å². The fourth-order valence-corrected chi connectivity index (χ4v) is 3.99. The van der Waals surface area contributed by atoms with Crippen molar-refractivity contribution in [3.63, 3.8) is 0 Å². The number of fused-ring (bicyclic) bond motifs is 1. The summed E-state index contributed by atoms with van der Waals surface area (Å²) < 4.78 is 0. The predicted molar refractivity (Wildman–Crippen MR) is 117 cm³/mol. The molecule has 0 radical (unpaired) electrons. The average Bonchev–Trinajstić information content (AvgIpc) is 2.72. The molecule has 4 heteroatoms. The lowest BCUT2D eigenvalue weighted by Gasteiger charge is -2.38. The normalized spacial score (nSPS) is 14.9. The van der Waals surface area contributed by atoms with Gasteiger partial charge in [-0.25, -0.2) is 0 Å². The van der Waals surface area contributed by atoms with Crippen LogP contribution in [0.1, 0.15) is 24.8 Å². The van der Waals surface area contributed by atoms with E-state index >= 15 is 0 Å². The second-order valence-corrected chi connectivity index (χ2v) is 7.40. The minimum Gasteiger partial charge on any atom is -0.321 e. The largest absolute Gasteiger partial charge is 0.321 e. The lowest BCUT2D eigenvalue weighted by molar-refractivity contribution is 0.253. The van der Waals surface area contributed by atoms with Crippen molar-refractivity contribution in [3.05, 3.63) is 84.8 Å². The van der Waals surface area contributed by atoms with Gasteiger partial charge >= 0.3 is 0 Å². The summed E-state index contributed by atoms with van der Waals surface area (Å²) >= 11 is 0. The number of aromatic nitrogens is 2. The fourth-order valence-electron chi connectivity index (χ4n) is 3.99. The molecule has 1 aliphatic carbocycles. The second-order valence-electron chi connectivity index (χ2n) is 7.40. The summed E-state index contributed by atoms with van der Waals surface area (Å²) in [4.78, 5) is 9.06. The van der Waals surface area contributed by atoms with Crippen molar-refractivity contribution in [2.45, 2.75) is 24.8 Å². The maximum atomic E-state index is 6.49. The zero-order valence-electron chi connectivity index (χ0n) is 15.5. The zero-order valence-corrected chi connectivity index (χ0v) is 16.3. The monoisotopic (exact) mass is 387 g/mol. The van der Waals surface area contributed by atoms with Gasteiger partial charge in [0.05, 0.1) is 5.69 Å². The van der Waals surface area contributed by atoms with Crippen LogP contribution in [-0.4, -0.2) is 9.97 Å². The molecule has 3 nitrogen and oxygen atoms in total. The average molecular weight is 388 g/mol. The summed E-state index contributed by atoms with van der Waals surface area (Å²) in [5, 5.41) is 2.21. The molecule has 5 rings (SSSR count). The summed E-state index contributed by atoms with van der Waals surface area (Å²) in [5.74, 6) is 0. The molecule has 2 aromatic carbocycles. The van der Waals surface area contributed by atoms with Gasteiger partial charge in [-0.05, 0) is 41.8 Å². The molecule has 140 valence electrons. The van der Waals surface area contributed by atoms with Gasteiger partial charge in [0.15, 0.2) is 0 Å². The van der Waals surface area contributed by atoms with Crippen LogP contribution in [0.4, 0.5) is 0 Å². The Labute approximate surface area is 171 Å². The maximum Gasteiger partial charge on any atom is 0.0786 e. The molecular weight excluding hydrogens is 366 g/mol. The van der Waals surface area contributed by atoms with Crippen LogP contribution in [0.2, 0.25) is 0 Å². The first kappa shape index (κ1) is 18.6. The molecule has 0 amide bonds. The van der Waals surface area contributed by atoms with Crippen molar-refractivity contribution >= 4 is 23.2 Å². The Balaban J connectivity index is 0.00000192. The second kappa shape index (κ2) is 7.34. The van der Waals surface area contributed by atoms with Crippen LogP contribution in [0.15, 0.2) is 79.3 Å². The Bertz CT molecular complexity index is 1100. The van der Waals surface area contributed by atoms with Gasteiger partial charge in [0, 0.05) is 40.6 Å². The van der Waals surface area contributed by atoms with Gasteiger partial charge < -0.3 is 5.73 Å². The van der Waals surface area contributed by atoms with Crippen LogP contribution >= 0.6 is 12.4 Å². The molecule has 4 aromatic rings. The number of rotatable bonds is 3. The summed E-state index contributed by atoms with van der Waals surface area (Å²) in [6, 6.07) is 21.2. The number of halogens is 1. The van der Waals surface area contributed by atoms with E-state index in [1.807, 2.05) is 24.7 Å². The van der Waals surface area contributed by atoms with E-state index in [2.05, 4.69) is 59.6 Å². The molecule has 1 saturated carbocycles. The first-order valence-corrected chi connectivity index (χ1v) is 9.43. The summed E-state index contributed by atoms with van der Waals surface area (Å²) in [5.41, 5.74) is 12.0. The Hall–Kier alpha value is -2.75. The minimum atomic E-state index is -0.136. The Morgan fingerprint density at radius 2 is 1.57 bits per heavy atom. The van der Waals surface area contributed by atoms with Gasteiger partial charge in [-0.3, -0.25) is 9.97 Å². The minimum absolute atomic E-state index is 0. The predicted octanol–water partition coefficient (Wildman–Crippen LogP) is 5.72. The van der Waals surface area contributed by atoms with Crippen molar-refractivity contribution in [1.29, 1.82) is 0 Å². The van der Waals surface area contributed by atoms with E-state index in [1.165, 1.54) is 17.4 Å². The molecule has 0 unspecified atom stereocenters. The van der Waals surface area contributed by atoms with Gasteiger partial charge in [-0.15, -0.1) is 12.4 Å². The highest BCUT2D eigenvalue weighted by Crippen LogP contribution is 2.40. The number of hydrogen-bond donors (Lipinski definition) is 1. The van der Waals surface area contributed by atoms with E-state index in [-0.39, 0.29) is 17.9 Å². The van der Waals surface area contributed by atoms with E-state index in [0.29, 0.717) is 0 Å². The Kier molecular flexibility index (Phi) is 4.88. The number of pyridine rings is 2. The van der Waals surface area contributed by atoms with E-state index in [4.69, 9.17) is 10.7 Å². The number of nitrogens with zero attached hydrogens (tertiary/aromatic N) is 2. The van der Waals surface area contributed by atoms with Gasteiger partial charge in [0.25, 0.3) is 0 Å². The van der Waals surface area contributed by atoms with Gasteiger partial charge in [0.1, 0.15) is 0 Å². The first-order valence-electron chi connectivity index (χ1n) is 9.43. The molecule has 1 aliphatic rings. The fraction of sp³-hybridized carbons (Fsp3) is 0.167. The molecule has 0 bridgehead atoms. The SMILES string of the molecule is Cl.NC1(c2ccc(-c3ncc4cnccc4c3-c3ccccc3)cc2)CCC1. The van der Waals surface area contributed by atoms with Crippen LogP contribution in [0.3, 0.4) is 0 Å². The van der Waals surface area contributed by atoms with Crippen molar-refractivity contribution in [3.8, 4) is 22.4 Å². The zero-order chi connectivity index (χ0) is 18.3. The lowest BCUT2D eigenvalue weighted by atomic mass is 9.72. The lowest BCUT2D eigenvalue weighted by Crippen LogP contribution is -2.43. The third-order valence-electron chi connectivity index (χ3n) is 5.73. The van der Waals surface area contributed by atoms with E-state index in [0.717, 1.165) is 40.6 Å². The molecule has 1 fully saturated rings. The van der Waals surface area contributed by atoms with Crippen LogP contribution in [0.25, 0.3) is 33.2 Å². The van der Waals surface area contributed by atoms with Crippen LogP contribution < -0.4 is 5.73 Å². The highest BCUT2D eigenvalue weighted by atomic mass is 35.5. The van der Waals surface area contributed by atoms with E-state index < -0.39 is 0 Å². The number of benzene rings is 2. The van der Waals surface area contributed by atoms with Gasteiger partial charge in [-0.1, -0.05) is 54.6 Å². The molecule has 0 saturated heterocycles. The highest BCUT2D eigenvalue weighted by molar-refractivity contribution is 6.01. The van der Waals surface area contributed by atoms with Gasteiger partial charge in [-0.2, -0.15) is 0 Å². The molecule has 0 atom stereocenters. The standard InChI is InChI=1S/C24H21N3.ClH/c25-24(12-4-13-24)20-9-7-18(8-10-20)23-22(17-5-2-1-3-6-17)21-11-14-26-15-19(21)16-27-23;/h1-3,5-11,14-16H,4,12-13,25H2;1H. The quantitative estimate of drug-likeness (QED) is 0.488. The van der Waals surface area contributed by atoms with Crippen molar-refractivity contribution in [2.75, 3.05) is 0 Å². The Morgan fingerprint density at radius 1 is 0.821 bits per heavy atom. The Morgan fingerprint density at radius 3 is 2.25 bits per heavy atom. The van der Waals surface area contributed by atoms with Crippen LogP contribution in [0, 0.1) is 0 Å². The summed E-state index contributed by atoms with van der Waals surface area (Å²) in [7, 11) is 0. The smallest absolute Gasteiger partial charge is 0.0786 e. The topological polar surface area (TPSA) is 51.8 Å². The molecular formula is C24H22ClN3. The molecule has 0 spiro atoms. The molecule has 2 heterocycles. The molecule has 28 heavy (non-hydrogen) atoms. The van der Waals surface area contributed by atoms with E-state index in [9.17, 15) is 0 Å². The third-order valence-corrected chi connectivity index (χ3v) is 5.73. The maximum absolute atomic E-state index is 6.49. The third kappa shape index (κ3) is 3.07. The number of hydrogen-bond acceptors (Lipinski definition) is 3. The first-order chi connectivity index (χ1) is 13.2. The summed E-state index contributed by atoms with van der Waals surface area (Å²) in [6.07, 6.45) is 8.99. The van der Waals surface area contributed by atoms with Gasteiger partial charge in [0.2, 0.25) is 0 Å². The van der Waals surface area contributed by atoms with Crippen LogP contribution in [0.5, 0.6) is 0 Å². The molecule has 2 aromatic heterocycles.